The summed E-state index contributed by atoms with van der Waals surface area (Å²) in [6, 6.07) is 5.85. The third-order valence-electron chi connectivity index (χ3n) is 4.10. The molecular formula is C15H18FN5OS. The molecule has 1 aliphatic rings. The van der Waals surface area contributed by atoms with Crippen LogP contribution in [0.3, 0.4) is 0 Å². The lowest BCUT2D eigenvalue weighted by atomic mass is 9.97. The first-order chi connectivity index (χ1) is 11.1. The average molecular weight is 335 g/mol. The number of carbonyl (C=O) groups is 1. The second kappa shape index (κ2) is 6.49. The van der Waals surface area contributed by atoms with Crippen molar-refractivity contribution < 1.29 is 9.18 Å². The van der Waals surface area contributed by atoms with Crippen LogP contribution in [-0.4, -0.2) is 38.8 Å². The summed E-state index contributed by atoms with van der Waals surface area (Å²) in [4.78, 5) is 14.1. The van der Waals surface area contributed by atoms with Gasteiger partial charge >= 0.3 is 6.03 Å². The van der Waals surface area contributed by atoms with Crippen LogP contribution >= 0.6 is 12.2 Å². The van der Waals surface area contributed by atoms with Crippen LogP contribution < -0.4 is 5.32 Å². The topological polar surface area (TPSA) is 66.0 Å². The van der Waals surface area contributed by atoms with Crippen LogP contribution in [0.1, 0.15) is 24.6 Å². The van der Waals surface area contributed by atoms with Gasteiger partial charge in [0.25, 0.3) is 0 Å². The molecule has 2 heterocycles. The van der Waals surface area contributed by atoms with Crippen molar-refractivity contribution in [1.82, 2.24) is 19.7 Å². The maximum absolute atomic E-state index is 13.7. The highest BCUT2D eigenvalue weighted by Gasteiger charge is 2.27. The Bertz CT molecular complexity index is 771. The zero-order valence-electron chi connectivity index (χ0n) is 12.8. The Labute approximate surface area is 138 Å². The van der Waals surface area contributed by atoms with Gasteiger partial charge in [0.1, 0.15) is 11.6 Å². The van der Waals surface area contributed by atoms with Crippen LogP contribution in [0.4, 0.5) is 14.9 Å². The summed E-state index contributed by atoms with van der Waals surface area (Å²) in [5.41, 5.74) is 0.192. The summed E-state index contributed by atoms with van der Waals surface area (Å²) >= 11 is 5.14. The van der Waals surface area contributed by atoms with E-state index in [1.165, 1.54) is 6.07 Å². The Morgan fingerprint density at radius 2 is 2.26 bits per heavy atom. The van der Waals surface area contributed by atoms with Crippen molar-refractivity contribution in [3.05, 3.63) is 40.7 Å². The number of nitrogens with one attached hydrogen (secondary N) is 2. The molecule has 1 aliphatic heterocycles. The van der Waals surface area contributed by atoms with Crippen molar-refractivity contribution in [2.24, 2.45) is 7.05 Å². The number of amides is 2. The maximum atomic E-state index is 13.7. The summed E-state index contributed by atoms with van der Waals surface area (Å²) in [7, 11) is 1.86. The van der Waals surface area contributed by atoms with E-state index in [1.807, 2.05) is 11.6 Å². The molecule has 0 aliphatic carbocycles. The van der Waals surface area contributed by atoms with Crippen LogP contribution in [0.2, 0.25) is 0 Å². The van der Waals surface area contributed by atoms with Gasteiger partial charge in [-0.3, -0.25) is 5.10 Å². The van der Waals surface area contributed by atoms with Gasteiger partial charge in [-0.25, -0.2) is 9.18 Å². The van der Waals surface area contributed by atoms with Crippen LogP contribution in [0.15, 0.2) is 24.3 Å². The smallest absolute Gasteiger partial charge is 0.321 e. The molecule has 2 N–H and O–H groups in total. The van der Waals surface area contributed by atoms with E-state index in [2.05, 4.69) is 15.5 Å². The zero-order valence-corrected chi connectivity index (χ0v) is 13.6. The minimum absolute atomic E-state index is 0.119. The Morgan fingerprint density at radius 1 is 1.48 bits per heavy atom. The molecular weight excluding hydrogens is 317 g/mol. The van der Waals surface area contributed by atoms with Gasteiger partial charge in [-0.15, -0.1) is 0 Å². The average Bonchev–Trinajstić information content (AvgIpc) is 2.89. The highest BCUT2D eigenvalue weighted by Crippen LogP contribution is 2.26. The lowest BCUT2D eigenvalue weighted by molar-refractivity contribution is 0.190. The van der Waals surface area contributed by atoms with E-state index in [1.54, 1.807) is 23.1 Å². The summed E-state index contributed by atoms with van der Waals surface area (Å²) in [5, 5.41) is 9.66. The Morgan fingerprint density at radius 3 is 2.96 bits per heavy atom. The van der Waals surface area contributed by atoms with E-state index < -0.39 is 5.82 Å². The number of hydrogen-bond donors (Lipinski definition) is 2. The first-order valence-electron chi connectivity index (χ1n) is 7.48. The number of carbonyl (C=O) groups excluding carboxylic acids is 1. The zero-order chi connectivity index (χ0) is 16.4. The summed E-state index contributed by atoms with van der Waals surface area (Å²) in [5.74, 6) is 0.523. The van der Waals surface area contributed by atoms with Gasteiger partial charge in [0.2, 0.25) is 0 Å². The third kappa shape index (κ3) is 3.26. The van der Waals surface area contributed by atoms with Gasteiger partial charge in [0.05, 0.1) is 5.69 Å². The molecule has 1 unspecified atom stereocenters. The number of aromatic amines is 1. The number of anilines is 1. The standard InChI is InChI=1S/C15H18FN5OS/c1-20-13(18-19-15(20)23)10-5-4-8-21(9-10)14(22)17-12-7-3-2-6-11(12)16/h2-3,6-7,10H,4-5,8-9H2,1H3,(H,17,22)(H,19,23). The predicted molar refractivity (Wildman–Crippen MR) is 87.4 cm³/mol. The van der Waals surface area contributed by atoms with Gasteiger partial charge in [-0.2, -0.15) is 5.10 Å². The van der Waals surface area contributed by atoms with Crippen LogP contribution in [0, 0.1) is 10.6 Å². The number of H-pyrrole nitrogens is 1. The Kier molecular flexibility index (Phi) is 4.42. The summed E-state index contributed by atoms with van der Waals surface area (Å²) in [6.45, 7) is 1.18. The minimum atomic E-state index is -0.441. The molecule has 0 radical (unpaired) electrons. The number of nitrogens with zero attached hydrogens (tertiary/aromatic N) is 3. The fraction of sp³-hybridized carbons (Fsp3) is 0.400. The number of aromatic nitrogens is 3. The number of urea groups is 1. The molecule has 0 saturated carbocycles. The number of piperidine rings is 1. The molecule has 1 fully saturated rings. The highest BCUT2D eigenvalue weighted by atomic mass is 32.1. The number of halogens is 1. The van der Waals surface area contributed by atoms with Crippen LogP contribution in [0.25, 0.3) is 0 Å². The molecule has 2 amide bonds. The fourth-order valence-corrected chi connectivity index (χ4v) is 2.99. The van der Waals surface area contributed by atoms with Crippen molar-refractivity contribution >= 4 is 23.9 Å². The molecule has 1 atom stereocenters. The molecule has 1 aromatic heterocycles. The Hall–Kier alpha value is -2.22. The maximum Gasteiger partial charge on any atom is 0.321 e. The number of likely N-dealkylation sites (tertiary alicyclic amines) is 1. The second-order valence-electron chi connectivity index (χ2n) is 5.64. The van der Waals surface area contributed by atoms with Gasteiger partial charge < -0.3 is 14.8 Å². The molecule has 1 saturated heterocycles. The molecule has 1 aromatic carbocycles. The molecule has 122 valence electrons. The molecule has 0 spiro atoms. The van der Waals surface area contributed by atoms with Gasteiger partial charge in [-0.05, 0) is 37.2 Å². The molecule has 0 bridgehead atoms. The third-order valence-corrected chi connectivity index (χ3v) is 4.47. The first kappa shape index (κ1) is 15.7. The van der Waals surface area contributed by atoms with Crippen molar-refractivity contribution in [2.45, 2.75) is 18.8 Å². The number of rotatable bonds is 2. The lowest BCUT2D eigenvalue weighted by Crippen LogP contribution is -2.42. The number of benzene rings is 1. The van der Waals surface area contributed by atoms with Gasteiger partial charge in [0, 0.05) is 26.1 Å². The number of hydrogen-bond acceptors (Lipinski definition) is 3. The van der Waals surface area contributed by atoms with Crippen molar-refractivity contribution in [3.8, 4) is 0 Å². The van der Waals surface area contributed by atoms with E-state index >= 15 is 0 Å². The van der Waals surface area contributed by atoms with Crippen LogP contribution in [0.5, 0.6) is 0 Å². The highest BCUT2D eigenvalue weighted by molar-refractivity contribution is 7.71. The molecule has 8 heteroatoms. The minimum Gasteiger partial charge on any atom is -0.324 e. The predicted octanol–water partition coefficient (Wildman–Crippen LogP) is 3.03. The van der Waals surface area contributed by atoms with E-state index in [9.17, 15) is 9.18 Å². The largest absolute Gasteiger partial charge is 0.324 e. The Balaban J connectivity index is 1.71. The fourth-order valence-electron chi connectivity index (χ4n) is 2.85. The molecule has 6 nitrogen and oxygen atoms in total. The van der Waals surface area contributed by atoms with Gasteiger partial charge in [0.15, 0.2) is 4.77 Å². The summed E-state index contributed by atoms with van der Waals surface area (Å²) < 4.78 is 16.0. The van der Waals surface area contributed by atoms with E-state index in [-0.39, 0.29) is 17.6 Å². The van der Waals surface area contributed by atoms with E-state index in [0.717, 1.165) is 18.7 Å². The normalized spacial score (nSPS) is 18.0. The van der Waals surface area contributed by atoms with Gasteiger partial charge in [-0.1, -0.05) is 12.1 Å². The van der Waals surface area contributed by atoms with Crippen molar-refractivity contribution in [1.29, 1.82) is 0 Å². The molecule has 23 heavy (non-hydrogen) atoms. The number of para-hydroxylation sites is 1. The van der Waals surface area contributed by atoms with Crippen molar-refractivity contribution in [3.63, 3.8) is 0 Å². The van der Waals surface area contributed by atoms with E-state index in [0.29, 0.717) is 17.9 Å². The van der Waals surface area contributed by atoms with Crippen LogP contribution in [-0.2, 0) is 7.05 Å². The summed E-state index contributed by atoms with van der Waals surface area (Å²) in [6.07, 6.45) is 1.81. The van der Waals surface area contributed by atoms with Crippen molar-refractivity contribution in [2.75, 3.05) is 18.4 Å². The quantitative estimate of drug-likeness (QED) is 0.829. The molecule has 3 rings (SSSR count). The SMILES string of the molecule is Cn1c(C2CCCN(C(=O)Nc3ccccc3F)C2)n[nH]c1=S. The lowest BCUT2D eigenvalue weighted by Gasteiger charge is -2.32. The van der Waals surface area contributed by atoms with E-state index in [4.69, 9.17) is 12.2 Å². The molecule has 2 aromatic rings. The monoisotopic (exact) mass is 335 g/mol. The first-order valence-corrected chi connectivity index (χ1v) is 7.89. The second-order valence-corrected chi connectivity index (χ2v) is 6.03.